The van der Waals surface area contributed by atoms with Crippen LogP contribution in [0.25, 0.3) is 11.3 Å². The molecule has 3 rings (SSSR count). The lowest BCUT2D eigenvalue weighted by molar-refractivity contribution is -0.384. The van der Waals surface area contributed by atoms with Crippen LogP contribution < -0.4 is 10.1 Å². The van der Waals surface area contributed by atoms with Crippen molar-refractivity contribution in [3.63, 3.8) is 0 Å². The fourth-order valence-electron chi connectivity index (χ4n) is 2.86. The third-order valence-electron chi connectivity index (χ3n) is 4.20. The fourth-order valence-corrected chi connectivity index (χ4v) is 4.01. The number of aromatic nitrogens is 1. The van der Waals surface area contributed by atoms with Crippen molar-refractivity contribution < 1.29 is 14.5 Å². The smallest absolute Gasteiger partial charge is 0.270 e. The van der Waals surface area contributed by atoms with Crippen LogP contribution in [0.5, 0.6) is 5.75 Å². The molecule has 1 N–H and O–H groups in total. The number of ether oxygens (including phenoxy) is 1. The first-order valence-corrected chi connectivity index (χ1v) is 10.5. The maximum Gasteiger partial charge on any atom is 0.270 e. The van der Waals surface area contributed by atoms with E-state index in [1.165, 1.54) is 23.5 Å². The number of non-ortho nitro benzene ring substituents is 1. The number of anilines is 1. The maximum absolute atomic E-state index is 12.4. The Labute approximate surface area is 185 Å². The van der Waals surface area contributed by atoms with Crippen LogP contribution >= 0.6 is 27.3 Å². The summed E-state index contributed by atoms with van der Waals surface area (Å²) in [7, 11) is 3.46. The number of benzene rings is 2. The standard InChI is InChI=1S/C20H19BrN4O4S/c1-24(10-14-8-15(21)6-7-18(14)29-2)11-19(26)23-20-22-17(12-30-20)13-4-3-5-16(9-13)25(27)28/h3-9,12H,10-11H2,1-2H3,(H,22,23,26). The monoisotopic (exact) mass is 490 g/mol. The predicted octanol–water partition coefficient (Wildman–Crippen LogP) is 4.56. The minimum atomic E-state index is -0.450. The summed E-state index contributed by atoms with van der Waals surface area (Å²) in [6, 6.07) is 12.0. The number of methoxy groups -OCH3 is 1. The van der Waals surface area contributed by atoms with Crippen molar-refractivity contribution in [2.45, 2.75) is 6.54 Å². The Morgan fingerprint density at radius 2 is 2.13 bits per heavy atom. The van der Waals surface area contributed by atoms with Crippen LogP contribution in [0.1, 0.15) is 5.56 Å². The molecule has 0 atom stereocenters. The van der Waals surface area contributed by atoms with E-state index in [1.807, 2.05) is 30.1 Å². The first kappa shape index (κ1) is 21.9. The second-order valence-corrected chi connectivity index (χ2v) is 8.30. The summed E-state index contributed by atoms with van der Waals surface area (Å²) in [4.78, 5) is 29.1. The molecule has 10 heteroatoms. The average molecular weight is 491 g/mol. The van der Waals surface area contributed by atoms with E-state index in [0.29, 0.717) is 22.9 Å². The van der Waals surface area contributed by atoms with E-state index in [0.717, 1.165) is 15.8 Å². The Morgan fingerprint density at radius 3 is 2.87 bits per heavy atom. The van der Waals surface area contributed by atoms with Crippen LogP contribution in [0.3, 0.4) is 0 Å². The third kappa shape index (κ3) is 5.62. The average Bonchev–Trinajstić information content (AvgIpc) is 3.16. The van der Waals surface area contributed by atoms with Crippen LogP contribution in [-0.4, -0.2) is 41.4 Å². The Kier molecular flexibility index (Phi) is 7.14. The molecule has 0 aliphatic heterocycles. The van der Waals surface area contributed by atoms with E-state index in [1.54, 1.807) is 24.6 Å². The molecule has 156 valence electrons. The summed E-state index contributed by atoms with van der Waals surface area (Å²) in [6.45, 7) is 0.703. The van der Waals surface area contributed by atoms with Gasteiger partial charge in [-0.2, -0.15) is 0 Å². The van der Waals surface area contributed by atoms with Gasteiger partial charge in [0.25, 0.3) is 5.69 Å². The summed E-state index contributed by atoms with van der Waals surface area (Å²) >= 11 is 4.72. The van der Waals surface area contributed by atoms with Gasteiger partial charge in [0.2, 0.25) is 5.91 Å². The van der Waals surface area contributed by atoms with Crippen molar-refractivity contribution in [3.05, 3.63) is 68.0 Å². The summed E-state index contributed by atoms with van der Waals surface area (Å²) in [5.74, 6) is 0.554. The SMILES string of the molecule is COc1ccc(Br)cc1CN(C)CC(=O)Nc1nc(-c2cccc([N+](=O)[O-])c2)cs1. The zero-order chi connectivity index (χ0) is 21.7. The van der Waals surface area contributed by atoms with Gasteiger partial charge in [0, 0.05) is 39.7 Å². The molecular formula is C20H19BrN4O4S. The van der Waals surface area contributed by atoms with Gasteiger partial charge in [0.15, 0.2) is 5.13 Å². The van der Waals surface area contributed by atoms with E-state index >= 15 is 0 Å². The molecule has 8 nitrogen and oxygen atoms in total. The van der Waals surface area contributed by atoms with E-state index in [9.17, 15) is 14.9 Å². The lowest BCUT2D eigenvalue weighted by atomic mass is 10.1. The number of carbonyl (C=O) groups excluding carboxylic acids is 1. The number of amides is 1. The summed E-state index contributed by atoms with van der Waals surface area (Å²) in [6.07, 6.45) is 0. The highest BCUT2D eigenvalue weighted by atomic mass is 79.9. The van der Waals surface area contributed by atoms with Gasteiger partial charge in [-0.1, -0.05) is 28.1 Å². The third-order valence-corrected chi connectivity index (χ3v) is 5.45. The van der Waals surface area contributed by atoms with Crippen molar-refractivity contribution >= 4 is 44.0 Å². The topological polar surface area (TPSA) is 97.6 Å². The molecule has 2 aromatic carbocycles. The van der Waals surface area contributed by atoms with Gasteiger partial charge in [-0.25, -0.2) is 4.98 Å². The van der Waals surface area contributed by atoms with Crippen molar-refractivity contribution in [3.8, 4) is 17.0 Å². The number of rotatable bonds is 8. The molecule has 0 unspecified atom stereocenters. The second-order valence-electron chi connectivity index (χ2n) is 6.52. The molecule has 0 saturated heterocycles. The van der Waals surface area contributed by atoms with Crippen LogP contribution in [0, 0.1) is 10.1 Å². The molecule has 30 heavy (non-hydrogen) atoms. The number of likely N-dealkylation sites (N-methyl/N-ethyl adjacent to an activating group) is 1. The molecule has 0 saturated carbocycles. The number of nitro benzene ring substituents is 1. The number of nitrogens with one attached hydrogen (secondary N) is 1. The molecule has 3 aromatic rings. The number of carbonyl (C=O) groups is 1. The van der Waals surface area contributed by atoms with Gasteiger partial charge >= 0.3 is 0 Å². The highest BCUT2D eigenvalue weighted by Crippen LogP contribution is 2.27. The van der Waals surface area contributed by atoms with Crippen molar-refractivity contribution in [2.24, 2.45) is 0 Å². The first-order chi connectivity index (χ1) is 14.4. The highest BCUT2D eigenvalue weighted by Gasteiger charge is 2.14. The molecule has 1 aromatic heterocycles. The normalized spacial score (nSPS) is 10.8. The van der Waals surface area contributed by atoms with Gasteiger partial charge in [-0.05, 0) is 25.2 Å². The lowest BCUT2D eigenvalue weighted by Crippen LogP contribution is -2.29. The molecular weight excluding hydrogens is 472 g/mol. The molecule has 0 aliphatic carbocycles. The number of hydrogen-bond acceptors (Lipinski definition) is 7. The van der Waals surface area contributed by atoms with Crippen LogP contribution in [-0.2, 0) is 11.3 Å². The van der Waals surface area contributed by atoms with Crippen molar-refractivity contribution in [2.75, 3.05) is 26.0 Å². The Morgan fingerprint density at radius 1 is 1.33 bits per heavy atom. The molecule has 0 spiro atoms. The van der Waals surface area contributed by atoms with Gasteiger partial charge in [-0.3, -0.25) is 19.8 Å². The zero-order valence-electron chi connectivity index (χ0n) is 16.3. The molecule has 1 amide bonds. The van der Waals surface area contributed by atoms with Gasteiger partial charge in [-0.15, -0.1) is 11.3 Å². The van der Waals surface area contributed by atoms with Crippen LogP contribution in [0.15, 0.2) is 52.3 Å². The largest absolute Gasteiger partial charge is 0.496 e. The van der Waals surface area contributed by atoms with E-state index in [4.69, 9.17) is 4.74 Å². The Bertz CT molecular complexity index is 1070. The number of nitrogens with zero attached hydrogens (tertiary/aromatic N) is 3. The van der Waals surface area contributed by atoms with Gasteiger partial charge in [0.1, 0.15) is 5.75 Å². The van der Waals surface area contributed by atoms with Crippen LogP contribution in [0.2, 0.25) is 0 Å². The van der Waals surface area contributed by atoms with Gasteiger partial charge in [0.05, 0.1) is 24.3 Å². The van der Waals surface area contributed by atoms with Crippen molar-refractivity contribution in [1.29, 1.82) is 0 Å². The summed E-state index contributed by atoms with van der Waals surface area (Å²) in [5.41, 5.74) is 2.16. The first-order valence-electron chi connectivity index (χ1n) is 8.87. The Balaban J connectivity index is 1.61. The highest BCUT2D eigenvalue weighted by molar-refractivity contribution is 9.10. The van der Waals surface area contributed by atoms with Crippen molar-refractivity contribution in [1.82, 2.24) is 9.88 Å². The molecule has 0 bridgehead atoms. The molecule has 0 aliphatic rings. The summed E-state index contributed by atoms with van der Waals surface area (Å²) < 4.78 is 6.31. The minimum absolute atomic E-state index is 0.00399. The molecule has 0 radical (unpaired) electrons. The number of thiazole rings is 1. The Hall–Kier alpha value is -2.82. The van der Waals surface area contributed by atoms with E-state index in [-0.39, 0.29) is 18.1 Å². The maximum atomic E-state index is 12.4. The number of hydrogen-bond donors (Lipinski definition) is 1. The number of halogens is 1. The quantitative estimate of drug-likeness (QED) is 0.367. The lowest BCUT2D eigenvalue weighted by Gasteiger charge is -2.18. The second kappa shape index (κ2) is 9.79. The summed E-state index contributed by atoms with van der Waals surface area (Å²) in [5, 5.41) is 15.9. The van der Waals surface area contributed by atoms with Crippen LogP contribution in [0.4, 0.5) is 10.8 Å². The van der Waals surface area contributed by atoms with E-state index in [2.05, 4.69) is 26.2 Å². The zero-order valence-corrected chi connectivity index (χ0v) is 18.7. The van der Waals surface area contributed by atoms with Gasteiger partial charge < -0.3 is 10.1 Å². The molecule has 1 heterocycles. The van der Waals surface area contributed by atoms with E-state index < -0.39 is 4.92 Å². The predicted molar refractivity (Wildman–Crippen MR) is 120 cm³/mol. The molecule has 0 fully saturated rings. The number of nitro groups is 1. The fraction of sp³-hybridized carbons (Fsp3) is 0.200. The minimum Gasteiger partial charge on any atom is -0.496 e.